The molecule has 0 aliphatic rings. The monoisotopic (exact) mass is 162 g/mol. The highest BCUT2D eigenvalue weighted by molar-refractivity contribution is 5.66. The van der Waals surface area contributed by atoms with E-state index in [1.165, 1.54) is 0 Å². The van der Waals surface area contributed by atoms with E-state index in [0.29, 0.717) is 5.92 Å². The number of hydrogen-bond acceptors (Lipinski definition) is 3. The Morgan fingerprint density at radius 3 is 2.55 bits per heavy atom. The smallest absolute Gasteiger partial charge is 0.303 e. The van der Waals surface area contributed by atoms with Crippen molar-refractivity contribution in [3.8, 4) is 0 Å². The minimum atomic E-state index is -0.706. The molecule has 0 aromatic rings. The van der Waals surface area contributed by atoms with Crippen LogP contribution in [0.25, 0.3) is 0 Å². The van der Waals surface area contributed by atoms with Crippen molar-refractivity contribution in [3.63, 3.8) is 0 Å². The van der Waals surface area contributed by atoms with E-state index in [1.807, 2.05) is 14.0 Å². The van der Waals surface area contributed by atoms with Crippen LogP contribution in [0, 0.1) is 5.92 Å². The third-order valence-corrected chi connectivity index (χ3v) is 1.40. The Hall–Kier alpha value is -0.610. The van der Waals surface area contributed by atoms with Crippen LogP contribution in [0.5, 0.6) is 0 Å². The lowest BCUT2D eigenvalue weighted by atomic mass is 10.1. The van der Waals surface area contributed by atoms with Gasteiger partial charge in [-0.1, -0.05) is 6.92 Å². The second-order valence-corrected chi connectivity index (χ2v) is 2.60. The van der Waals surface area contributed by atoms with Gasteiger partial charge in [0.1, 0.15) is 0 Å². The maximum atomic E-state index is 10.1. The standard InChI is InChI=1S/C7H15NO2.H3N/c1-6(5-8-2)3-4-7(9)10;/h6,8H,3-5H2,1-2H3,(H,9,10);1H3. The van der Waals surface area contributed by atoms with Gasteiger partial charge < -0.3 is 16.6 Å². The van der Waals surface area contributed by atoms with Gasteiger partial charge in [-0.2, -0.15) is 0 Å². The van der Waals surface area contributed by atoms with Crippen LogP contribution in [-0.2, 0) is 4.79 Å². The average molecular weight is 162 g/mol. The summed E-state index contributed by atoms with van der Waals surface area (Å²) in [6, 6.07) is 0. The van der Waals surface area contributed by atoms with E-state index in [2.05, 4.69) is 5.32 Å². The lowest BCUT2D eigenvalue weighted by molar-refractivity contribution is -0.137. The second kappa shape index (κ2) is 7.50. The van der Waals surface area contributed by atoms with Gasteiger partial charge in [-0.15, -0.1) is 0 Å². The highest BCUT2D eigenvalue weighted by atomic mass is 16.4. The molecule has 5 N–H and O–H groups in total. The Morgan fingerprint density at radius 2 is 2.18 bits per heavy atom. The van der Waals surface area contributed by atoms with E-state index in [1.54, 1.807) is 0 Å². The first-order valence-electron chi connectivity index (χ1n) is 3.53. The van der Waals surface area contributed by atoms with Gasteiger partial charge in [0.2, 0.25) is 0 Å². The molecular formula is C7H18N2O2. The predicted molar refractivity (Wildman–Crippen MR) is 45.0 cm³/mol. The molecule has 4 heteroatoms. The van der Waals surface area contributed by atoms with Crippen LogP contribution >= 0.6 is 0 Å². The van der Waals surface area contributed by atoms with E-state index >= 15 is 0 Å². The lowest BCUT2D eigenvalue weighted by Gasteiger charge is -2.07. The highest BCUT2D eigenvalue weighted by Gasteiger charge is 2.02. The number of hydrogen-bond donors (Lipinski definition) is 3. The van der Waals surface area contributed by atoms with E-state index in [4.69, 9.17) is 5.11 Å². The number of carbonyl (C=O) groups is 1. The van der Waals surface area contributed by atoms with Gasteiger partial charge in [-0.25, -0.2) is 0 Å². The fourth-order valence-corrected chi connectivity index (χ4v) is 0.820. The summed E-state index contributed by atoms with van der Waals surface area (Å²) in [5.74, 6) is -0.246. The number of nitrogens with one attached hydrogen (secondary N) is 1. The largest absolute Gasteiger partial charge is 0.481 e. The van der Waals surface area contributed by atoms with Crippen LogP contribution in [0.4, 0.5) is 0 Å². The van der Waals surface area contributed by atoms with Crippen molar-refractivity contribution in [2.75, 3.05) is 13.6 Å². The molecule has 0 aliphatic carbocycles. The molecule has 0 bridgehead atoms. The molecule has 0 aliphatic heterocycles. The van der Waals surface area contributed by atoms with Crippen LogP contribution in [-0.4, -0.2) is 24.7 Å². The molecule has 0 aromatic heterocycles. The minimum Gasteiger partial charge on any atom is -0.481 e. The van der Waals surface area contributed by atoms with E-state index in [9.17, 15) is 4.79 Å². The molecule has 0 amide bonds. The van der Waals surface area contributed by atoms with Crippen molar-refractivity contribution >= 4 is 5.97 Å². The van der Waals surface area contributed by atoms with Crippen molar-refractivity contribution in [3.05, 3.63) is 0 Å². The maximum absolute atomic E-state index is 10.1. The van der Waals surface area contributed by atoms with Crippen LogP contribution in [0.15, 0.2) is 0 Å². The molecule has 0 heterocycles. The van der Waals surface area contributed by atoms with Gasteiger partial charge in [0, 0.05) is 6.42 Å². The van der Waals surface area contributed by atoms with Crippen LogP contribution in [0.1, 0.15) is 19.8 Å². The molecule has 1 unspecified atom stereocenters. The van der Waals surface area contributed by atoms with E-state index < -0.39 is 5.97 Å². The number of carboxylic acids is 1. The van der Waals surface area contributed by atoms with Gasteiger partial charge in [0.15, 0.2) is 0 Å². The fourth-order valence-electron chi connectivity index (χ4n) is 0.820. The van der Waals surface area contributed by atoms with Crippen LogP contribution in [0.3, 0.4) is 0 Å². The zero-order valence-corrected chi connectivity index (χ0v) is 7.26. The summed E-state index contributed by atoms with van der Waals surface area (Å²) in [7, 11) is 1.87. The first-order valence-corrected chi connectivity index (χ1v) is 3.53. The summed E-state index contributed by atoms with van der Waals surface area (Å²) in [6.07, 6.45) is 1.04. The summed E-state index contributed by atoms with van der Waals surface area (Å²) in [5, 5.41) is 11.3. The molecule has 0 saturated heterocycles. The Balaban J connectivity index is 0. The van der Waals surface area contributed by atoms with Gasteiger partial charge in [0.05, 0.1) is 0 Å². The molecule has 0 aromatic carbocycles. The zero-order chi connectivity index (χ0) is 7.98. The summed E-state index contributed by atoms with van der Waals surface area (Å²) >= 11 is 0. The minimum absolute atomic E-state index is 0. The Labute approximate surface area is 67.6 Å². The number of aliphatic carboxylic acids is 1. The second-order valence-electron chi connectivity index (χ2n) is 2.60. The summed E-state index contributed by atoms with van der Waals surface area (Å²) in [5.41, 5.74) is 0. The SMILES string of the molecule is CNCC(C)CCC(=O)O.N. The van der Waals surface area contributed by atoms with Gasteiger partial charge in [-0.05, 0) is 25.9 Å². The summed E-state index contributed by atoms with van der Waals surface area (Å²) in [6.45, 7) is 2.94. The van der Waals surface area contributed by atoms with Gasteiger partial charge in [0.25, 0.3) is 0 Å². The Bertz CT molecular complexity index is 107. The predicted octanol–water partition coefficient (Wildman–Crippen LogP) is 0.869. The molecular weight excluding hydrogens is 144 g/mol. The lowest BCUT2D eigenvalue weighted by Crippen LogP contribution is -2.16. The van der Waals surface area contributed by atoms with E-state index in [-0.39, 0.29) is 12.6 Å². The number of rotatable bonds is 5. The molecule has 0 radical (unpaired) electrons. The summed E-state index contributed by atoms with van der Waals surface area (Å²) in [4.78, 5) is 10.1. The van der Waals surface area contributed by atoms with Gasteiger partial charge in [-0.3, -0.25) is 4.79 Å². The molecule has 0 fully saturated rings. The fraction of sp³-hybridized carbons (Fsp3) is 0.857. The van der Waals surface area contributed by atoms with Crippen LogP contribution < -0.4 is 11.5 Å². The third-order valence-electron chi connectivity index (χ3n) is 1.40. The van der Waals surface area contributed by atoms with Crippen molar-refractivity contribution in [2.45, 2.75) is 19.8 Å². The first kappa shape index (κ1) is 13.0. The number of carboxylic acid groups (broad SMARTS) is 1. The Kier molecular flexibility index (Phi) is 8.87. The molecule has 0 spiro atoms. The average Bonchev–Trinajstić information content (AvgIpc) is 1.85. The normalized spacial score (nSPS) is 11.8. The summed E-state index contributed by atoms with van der Waals surface area (Å²) < 4.78 is 0. The molecule has 11 heavy (non-hydrogen) atoms. The Morgan fingerprint density at radius 1 is 1.64 bits per heavy atom. The van der Waals surface area contributed by atoms with Crippen molar-refractivity contribution in [1.29, 1.82) is 0 Å². The highest BCUT2D eigenvalue weighted by Crippen LogP contribution is 2.02. The van der Waals surface area contributed by atoms with Crippen molar-refractivity contribution in [2.24, 2.45) is 5.92 Å². The quantitative estimate of drug-likeness (QED) is 0.560. The van der Waals surface area contributed by atoms with Crippen LogP contribution in [0.2, 0.25) is 0 Å². The van der Waals surface area contributed by atoms with Gasteiger partial charge >= 0.3 is 5.97 Å². The molecule has 1 atom stereocenters. The first-order chi connectivity index (χ1) is 4.66. The maximum Gasteiger partial charge on any atom is 0.303 e. The van der Waals surface area contributed by atoms with Crippen molar-refractivity contribution in [1.82, 2.24) is 11.5 Å². The molecule has 0 rings (SSSR count). The van der Waals surface area contributed by atoms with E-state index in [0.717, 1.165) is 13.0 Å². The topological polar surface area (TPSA) is 84.3 Å². The zero-order valence-electron chi connectivity index (χ0n) is 7.26. The molecule has 68 valence electrons. The van der Waals surface area contributed by atoms with Crippen molar-refractivity contribution < 1.29 is 9.90 Å². The third kappa shape index (κ3) is 9.39. The molecule has 4 nitrogen and oxygen atoms in total. The molecule has 0 saturated carbocycles.